The van der Waals surface area contributed by atoms with Crippen LogP contribution in [0.15, 0.2) is 6.20 Å². The van der Waals surface area contributed by atoms with Crippen LogP contribution in [0.4, 0.5) is 5.95 Å². The number of aryl methyl sites for hydroxylation is 1. The molecule has 4 saturated carbocycles. The Morgan fingerprint density at radius 2 is 1.84 bits per heavy atom. The highest BCUT2D eigenvalue weighted by atomic mass is 15.2. The van der Waals surface area contributed by atoms with Gasteiger partial charge in [-0.2, -0.15) is 0 Å². The number of imidazole rings is 1. The van der Waals surface area contributed by atoms with Crippen molar-refractivity contribution in [3.05, 3.63) is 11.9 Å². The molecule has 19 heavy (non-hydrogen) atoms. The second kappa shape index (κ2) is 3.36. The molecule has 0 saturated heterocycles. The van der Waals surface area contributed by atoms with E-state index in [0.717, 1.165) is 17.6 Å². The van der Waals surface area contributed by atoms with E-state index in [1.54, 1.807) is 0 Å². The normalized spacial score (nSPS) is 47.6. The fourth-order valence-electron chi connectivity index (χ4n) is 6.31. The van der Waals surface area contributed by atoms with Gasteiger partial charge >= 0.3 is 0 Å². The molecule has 0 amide bonds. The first-order valence-electron chi connectivity index (χ1n) is 7.68. The summed E-state index contributed by atoms with van der Waals surface area (Å²) >= 11 is 0. The van der Waals surface area contributed by atoms with E-state index in [4.69, 9.17) is 0 Å². The van der Waals surface area contributed by atoms with E-state index < -0.39 is 0 Å². The molecule has 2 unspecified atom stereocenters. The molecule has 1 heterocycles. The first kappa shape index (κ1) is 11.8. The summed E-state index contributed by atoms with van der Waals surface area (Å²) in [6, 6.07) is 0. The highest BCUT2D eigenvalue weighted by Crippen LogP contribution is 2.66. The smallest absolute Gasteiger partial charge is 0.200 e. The Labute approximate surface area is 115 Å². The summed E-state index contributed by atoms with van der Waals surface area (Å²) in [6.07, 6.45) is 10.2. The lowest BCUT2D eigenvalue weighted by Gasteiger charge is -2.65. The summed E-state index contributed by atoms with van der Waals surface area (Å²) in [5, 5.41) is 3.79. The molecule has 4 aliphatic rings. The molecule has 4 aliphatic carbocycles. The van der Waals surface area contributed by atoms with Crippen LogP contribution in [0.1, 0.15) is 58.1 Å². The monoisotopic (exact) mass is 259 g/mol. The Bertz CT molecular complexity index is 500. The second-order valence-electron chi connectivity index (χ2n) is 8.45. The third kappa shape index (κ3) is 1.81. The predicted octanol–water partition coefficient (Wildman–Crippen LogP) is 3.88. The molecular weight excluding hydrogens is 234 g/mol. The van der Waals surface area contributed by atoms with Gasteiger partial charge in [0, 0.05) is 17.4 Å². The van der Waals surface area contributed by atoms with Crippen LogP contribution < -0.4 is 5.32 Å². The second-order valence-corrected chi connectivity index (χ2v) is 8.45. The summed E-state index contributed by atoms with van der Waals surface area (Å²) in [5.41, 5.74) is 2.56. The summed E-state index contributed by atoms with van der Waals surface area (Å²) in [6.45, 7) is 7.10. The van der Waals surface area contributed by atoms with E-state index in [1.165, 1.54) is 38.5 Å². The zero-order valence-electron chi connectivity index (χ0n) is 12.3. The molecule has 104 valence electrons. The Morgan fingerprint density at radius 3 is 2.37 bits per heavy atom. The van der Waals surface area contributed by atoms with Crippen molar-refractivity contribution in [3.8, 4) is 0 Å². The first-order chi connectivity index (χ1) is 8.88. The van der Waals surface area contributed by atoms with Crippen molar-refractivity contribution in [1.29, 1.82) is 0 Å². The van der Waals surface area contributed by atoms with E-state index in [1.807, 2.05) is 6.20 Å². The van der Waals surface area contributed by atoms with Gasteiger partial charge in [0.15, 0.2) is 0 Å². The molecule has 0 radical (unpaired) electrons. The van der Waals surface area contributed by atoms with E-state index in [2.05, 4.69) is 36.1 Å². The number of nitrogens with zero attached hydrogens (tertiary/aromatic N) is 1. The Hall–Kier alpha value is -0.990. The third-order valence-corrected chi connectivity index (χ3v) is 5.71. The standard InChI is InChI=1S/C16H25N3/c1-11-7-17-13(18-11)19-16-6-12-4-14(2,9-16)8-15(3,5-12)10-16/h7,12H,4-6,8-10H2,1-3H3,(H2,17,18,19). The van der Waals surface area contributed by atoms with E-state index in [-0.39, 0.29) is 0 Å². The number of aromatic amines is 1. The minimum Gasteiger partial charge on any atom is -0.350 e. The van der Waals surface area contributed by atoms with Crippen LogP contribution in [-0.4, -0.2) is 15.5 Å². The van der Waals surface area contributed by atoms with Gasteiger partial charge in [-0.15, -0.1) is 0 Å². The van der Waals surface area contributed by atoms with Crippen LogP contribution in [0.25, 0.3) is 0 Å². The van der Waals surface area contributed by atoms with Crippen molar-refractivity contribution in [2.75, 3.05) is 5.32 Å². The summed E-state index contributed by atoms with van der Waals surface area (Å²) < 4.78 is 0. The number of hydrogen-bond acceptors (Lipinski definition) is 2. The van der Waals surface area contributed by atoms with E-state index in [9.17, 15) is 0 Å². The van der Waals surface area contributed by atoms with Crippen LogP contribution in [0.5, 0.6) is 0 Å². The highest BCUT2D eigenvalue weighted by molar-refractivity contribution is 5.34. The van der Waals surface area contributed by atoms with Crippen LogP contribution in [0, 0.1) is 23.7 Å². The SMILES string of the molecule is Cc1cnc(NC23CC4CC(C)(CC(C)(C4)C2)C3)[nH]1. The van der Waals surface area contributed by atoms with Gasteiger partial charge in [0.05, 0.1) is 0 Å². The quantitative estimate of drug-likeness (QED) is 0.846. The van der Waals surface area contributed by atoms with Crippen LogP contribution in [-0.2, 0) is 0 Å². The van der Waals surface area contributed by atoms with Crippen molar-refractivity contribution < 1.29 is 0 Å². The molecule has 1 aromatic heterocycles. The van der Waals surface area contributed by atoms with Crippen molar-refractivity contribution in [3.63, 3.8) is 0 Å². The molecule has 5 rings (SSSR count). The van der Waals surface area contributed by atoms with Crippen molar-refractivity contribution in [1.82, 2.24) is 9.97 Å². The van der Waals surface area contributed by atoms with Gasteiger partial charge in [-0.25, -0.2) is 4.98 Å². The molecule has 0 aliphatic heterocycles. The lowest BCUT2D eigenvalue weighted by atomic mass is 9.43. The fourth-order valence-corrected chi connectivity index (χ4v) is 6.31. The van der Waals surface area contributed by atoms with Gasteiger partial charge in [0.25, 0.3) is 0 Å². The minimum absolute atomic E-state index is 0.299. The molecule has 2 N–H and O–H groups in total. The molecule has 4 fully saturated rings. The average Bonchev–Trinajstić information content (AvgIpc) is 2.56. The zero-order chi connectivity index (χ0) is 13.3. The van der Waals surface area contributed by atoms with Gasteiger partial charge in [-0.05, 0) is 62.2 Å². The molecule has 4 bridgehead atoms. The Morgan fingerprint density at radius 1 is 1.16 bits per heavy atom. The predicted molar refractivity (Wildman–Crippen MR) is 77.1 cm³/mol. The van der Waals surface area contributed by atoms with Crippen LogP contribution >= 0.6 is 0 Å². The molecule has 3 heteroatoms. The molecule has 0 spiro atoms. The fraction of sp³-hybridized carbons (Fsp3) is 0.812. The molecule has 1 aromatic rings. The van der Waals surface area contributed by atoms with Gasteiger partial charge in [-0.3, -0.25) is 0 Å². The van der Waals surface area contributed by atoms with Gasteiger partial charge < -0.3 is 10.3 Å². The molecule has 0 aromatic carbocycles. The first-order valence-corrected chi connectivity index (χ1v) is 7.68. The summed E-state index contributed by atoms with van der Waals surface area (Å²) in [4.78, 5) is 7.82. The topological polar surface area (TPSA) is 40.7 Å². The number of anilines is 1. The maximum Gasteiger partial charge on any atom is 0.200 e. The van der Waals surface area contributed by atoms with E-state index >= 15 is 0 Å². The van der Waals surface area contributed by atoms with Crippen LogP contribution in [0.2, 0.25) is 0 Å². The Balaban J connectivity index is 1.67. The molecule has 2 atom stereocenters. The Kier molecular flexibility index (Phi) is 2.09. The lowest BCUT2D eigenvalue weighted by Crippen LogP contribution is -2.61. The summed E-state index contributed by atoms with van der Waals surface area (Å²) in [5.74, 6) is 1.90. The minimum atomic E-state index is 0.299. The van der Waals surface area contributed by atoms with Crippen molar-refractivity contribution in [2.45, 2.75) is 64.8 Å². The maximum absolute atomic E-state index is 4.47. The number of nitrogens with one attached hydrogen (secondary N) is 2. The zero-order valence-corrected chi connectivity index (χ0v) is 12.3. The number of rotatable bonds is 2. The van der Waals surface area contributed by atoms with Crippen molar-refractivity contribution >= 4 is 5.95 Å². The number of H-pyrrole nitrogens is 1. The van der Waals surface area contributed by atoms with Gasteiger partial charge in [0.1, 0.15) is 0 Å². The van der Waals surface area contributed by atoms with Gasteiger partial charge in [0.2, 0.25) is 5.95 Å². The average molecular weight is 259 g/mol. The van der Waals surface area contributed by atoms with E-state index in [0.29, 0.717) is 16.4 Å². The number of hydrogen-bond donors (Lipinski definition) is 2. The summed E-state index contributed by atoms with van der Waals surface area (Å²) in [7, 11) is 0. The highest BCUT2D eigenvalue weighted by Gasteiger charge is 2.60. The largest absolute Gasteiger partial charge is 0.350 e. The molecule has 3 nitrogen and oxygen atoms in total. The van der Waals surface area contributed by atoms with Crippen molar-refractivity contribution in [2.24, 2.45) is 16.7 Å². The third-order valence-electron chi connectivity index (χ3n) is 5.71. The van der Waals surface area contributed by atoms with Crippen LogP contribution in [0.3, 0.4) is 0 Å². The van der Waals surface area contributed by atoms with Gasteiger partial charge in [-0.1, -0.05) is 13.8 Å². The number of aromatic nitrogens is 2. The molecular formula is C16H25N3. The maximum atomic E-state index is 4.47. The lowest BCUT2D eigenvalue weighted by molar-refractivity contribution is -0.0974.